The van der Waals surface area contributed by atoms with Crippen LogP contribution in [0.2, 0.25) is 0 Å². The summed E-state index contributed by atoms with van der Waals surface area (Å²) >= 11 is 0. The maximum Gasteiger partial charge on any atom is 0.287 e. The Balaban J connectivity index is 1.67. The molecule has 0 saturated heterocycles. The Morgan fingerprint density at radius 1 is 1.29 bits per heavy atom. The van der Waals surface area contributed by atoms with Crippen LogP contribution in [0.15, 0.2) is 28.7 Å². The smallest absolute Gasteiger partial charge is 0.287 e. The molecule has 0 bridgehead atoms. The van der Waals surface area contributed by atoms with Crippen LogP contribution < -0.4 is 5.32 Å². The molecule has 0 atom stereocenters. The van der Waals surface area contributed by atoms with Crippen LogP contribution in [-0.2, 0) is 0 Å². The summed E-state index contributed by atoms with van der Waals surface area (Å²) in [7, 11) is 0. The van der Waals surface area contributed by atoms with Gasteiger partial charge in [0.2, 0.25) is 0 Å². The first-order valence-corrected chi connectivity index (χ1v) is 7.26. The average Bonchev–Trinajstić information content (AvgIpc) is 2.91. The third kappa shape index (κ3) is 3.08. The number of carbonyl (C=O) groups is 1. The van der Waals surface area contributed by atoms with Crippen LogP contribution in [0, 0.1) is 11.7 Å². The standard InChI is InChI=1S/C16H18FNO3/c17-12-3-6-14-11(7-12)8-15(21-14)16(20)18-13-4-1-10(9-19)2-5-13/h3,6-8,10,13,19H,1-2,4-5,9H2,(H,18,20). The van der Waals surface area contributed by atoms with Crippen molar-refractivity contribution in [1.29, 1.82) is 0 Å². The number of furan rings is 1. The molecule has 1 heterocycles. The highest BCUT2D eigenvalue weighted by atomic mass is 19.1. The molecule has 1 aromatic heterocycles. The van der Waals surface area contributed by atoms with Crippen molar-refractivity contribution in [2.75, 3.05) is 6.61 Å². The number of fused-ring (bicyclic) bond motifs is 1. The number of hydrogen-bond acceptors (Lipinski definition) is 3. The zero-order valence-electron chi connectivity index (χ0n) is 11.6. The lowest BCUT2D eigenvalue weighted by Gasteiger charge is -2.27. The zero-order chi connectivity index (χ0) is 14.8. The van der Waals surface area contributed by atoms with Gasteiger partial charge in [0.15, 0.2) is 5.76 Å². The molecular formula is C16H18FNO3. The normalized spacial score (nSPS) is 22.4. The number of aliphatic hydroxyl groups excluding tert-OH is 1. The Kier molecular flexibility index (Phi) is 3.92. The van der Waals surface area contributed by atoms with Crippen LogP contribution in [0.5, 0.6) is 0 Å². The number of halogens is 1. The second-order valence-corrected chi connectivity index (χ2v) is 5.67. The maximum absolute atomic E-state index is 13.1. The van der Waals surface area contributed by atoms with Crippen LogP contribution in [0.25, 0.3) is 11.0 Å². The van der Waals surface area contributed by atoms with E-state index in [1.54, 1.807) is 6.07 Å². The summed E-state index contributed by atoms with van der Waals surface area (Å²) in [6.07, 6.45) is 3.58. The third-order valence-corrected chi connectivity index (χ3v) is 4.14. The monoisotopic (exact) mass is 291 g/mol. The SMILES string of the molecule is O=C(NC1CCC(CO)CC1)c1cc2cc(F)ccc2o1. The van der Waals surface area contributed by atoms with E-state index in [1.165, 1.54) is 18.2 Å². The van der Waals surface area contributed by atoms with Gasteiger partial charge in [-0.3, -0.25) is 4.79 Å². The molecule has 0 spiro atoms. The molecule has 1 aliphatic carbocycles. The van der Waals surface area contributed by atoms with E-state index in [-0.39, 0.29) is 30.1 Å². The molecular weight excluding hydrogens is 273 g/mol. The third-order valence-electron chi connectivity index (χ3n) is 4.14. The van der Waals surface area contributed by atoms with Crippen molar-refractivity contribution < 1.29 is 18.7 Å². The fraction of sp³-hybridized carbons (Fsp3) is 0.438. The van der Waals surface area contributed by atoms with Gasteiger partial charge in [-0.25, -0.2) is 4.39 Å². The maximum atomic E-state index is 13.1. The van der Waals surface area contributed by atoms with Crippen molar-refractivity contribution in [2.45, 2.75) is 31.7 Å². The molecule has 0 radical (unpaired) electrons. The molecule has 3 rings (SSSR count). The van der Waals surface area contributed by atoms with E-state index in [0.717, 1.165) is 25.7 Å². The summed E-state index contributed by atoms with van der Waals surface area (Å²) in [5.74, 6) is -0.0520. The highest BCUT2D eigenvalue weighted by Gasteiger charge is 2.23. The van der Waals surface area contributed by atoms with E-state index in [9.17, 15) is 9.18 Å². The van der Waals surface area contributed by atoms with E-state index in [4.69, 9.17) is 9.52 Å². The molecule has 1 aromatic carbocycles. The molecule has 1 saturated carbocycles. The zero-order valence-corrected chi connectivity index (χ0v) is 11.6. The Hall–Kier alpha value is -1.88. The first kappa shape index (κ1) is 14.1. The average molecular weight is 291 g/mol. The first-order chi connectivity index (χ1) is 10.2. The number of rotatable bonds is 3. The molecule has 4 nitrogen and oxygen atoms in total. The lowest BCUT2D eigenvalue weighted by Crippen LogP contribution is -2.37. The Morgan fingerprint density at radius 2 is 2.05 bits per heavy atom. The van der Waals surface area contributed by atoms with Gasteiger partial charge < -0.3 is 14.8 Å². The largest absolute Gasteiger partial charge is 0.451 e. The topological polar surface area (TPSA) is 62.5 Å². The van der Waals surface area contributed by atoms with Crippen LogP contribution in [0.3, 0.4) is 0 Å². The second-order valence-electron chi connectivity index (χ2n) is 5.67. The predicted molar refractivity (Wildman–Crippen MR) is 76.5 cm³/mol. The molecule has 5 heteroatoms. The van der Waals surface area contributed by atoms with Crippen molar-refractivity contribution in [2.24, 2.45) is 5.92 Å². The van der Waals surface area contributed by atoms with Gasteiger partial charge in [0, 0.05) is 18.0 Å². The van der Waals surface area contributed by atoms with Crippen molar-refractivity contribution in [3.8, 4) is 0 Å². The van der Waals surface area contributed by atoms with Crippen molar-refractivity contribution in [3.05, 3.63) is 35.8 Å². The van der Waals surface area contributed by atoms with E-state index >= 15 is 0 Å². The van der Waals surface area contributed by atoms with Gasteiger partial charge in [0.05, 0.1) is 0 Å². The molecule has 1 aliphatic rings. The molecule has 1 amide bonds. The van der Waals surface area contributed by atoms with Crippen LogP contribution in [-0.4, -0.2) is 23.7 Å². The molecule has 2 N–H and O–H groups in total. The quantitative estimate of drug-likeness (QED) is 0.914. The lowest BCUT2D eigenvalue weighted by molar-refractivity contribution is 0.0888. The fourth-order valence-electron chi connectivity index (χ4n) is 2.87. The first-order valence-electron chi connectivity index (χ1n) is 7.26. The number of benzene rings is 1. The van der Waals surface area contributed by atoms with Crippen LogP contribution in [0.1, 0.15) is 36.2 Å². The lowest BCUT2D eigenvalue weighted by atomic mass is 9.86. The van der Waals surface area contributed by atoms with Gasteiger partial charge in [-0.15, -0.1) is 0 Å². The molecule has 21 heavy (non-hydrogen) atoms. The predicted octanol–water partition coefficient (Wildman–Crippen LogP) is 2.85. The molecule has 2 aromatic rings. The number of nitrogens with one attached hydrogen (secondary N) is 1. The number of hydrogen-bond donors (Lipinski definition) is 2. The summed E-state index contributed by atoms with van der Waals surface area (Å²) in [5.41, 5.74) is 0.505. The summed E-state index contributed by atoms with van der Waals surface area (Å²) in [4.78, 5) is 12.2. The Morgan fingerprint density at radius 3 is 2.76 bits per heavy atom. The van der Waals surface area contributed by atoms with Gasteiger partial charge in [0.1, 0.15) is 11.4 Å². The Labute approximate surface area is 121 Å². The van der Waals surface area contributed by atoms with Gasteiger partial charge in [-0.1, -0.05) is 0 Å². The summed E-state index contributed by atoms with van der Waals surface area (Å²) in [6, 6.07) is 5.86. The minimum absolute atomic E-state index is 0.116. The fourth-order valence-corrected chi connectivity index (χ4v) is 2.87. The molecule has 1 fully saturated rings. The summed E-state index contributed by atoms with van der Waals surface area (Å²) < 4.78 is 18.6. The van der Waals surface area contributed by atoms with Crippen molar-refractivity contribution in [1.82, 2.24) is 5.32 Å². The van der Waals surface area contributed by atoms with Crippen molar-refractivity contribution in [3.63, 3.8) is 0 Å². The van der Waals surface area contributed by atoms with E-state index in [0.29, 0.717) is 16.9 Å². The van der Waals surface area contributed by atoms with Crippen LogP contribution in [0.4, 0.5) is 4.39 Å². The van der Waals surface area contributed by atoms with E-state index in [1.807, 2.05) is 0 Å². The highest BCUT2D eigenvalue weighted by molar-refractivity contribution is 5.96. The van der Waals surface area contributed by atoms with Gasteiger partial charge in [-0.05, 0) is 55.9 Å². The second kappa shape index (κ2) is 5.85. The van der Waals surface area contributed by atoms with E-state index < -0.39 is 0 Å². The van der Waals surface area contributed by atoms with Gasteiger partial charge in [0.25, 0.3) is 5.91 Å². The number of carbonyl (C=O) groups excluding carboxylic acids is 1. The Bertz CT molecular complexity index is 644. The summed E-state index contributed by atoms with van der Waals surface area (Å²) in [6.45, 7) is 0.218. The molecule has 0 unspecified atom stereocenters. The van der Waals surface area contributed by atoms with Gasteiger partial charge >= 0.3 is 0 Å². The number of aliphatic hydroxyl groups is 1. The summed E-state index contributed by atoms with van der Waals surface area (Å²) in [5, 5.41) is 12.6. The van der Waals surface area contributed by atoms with Crippen molar-refractivity contribution >= 4 is 16.9 Å². The minimum Gasteiger partial charge on any atom is -0.451 e. The highest BCUT2D eigenvalue weighted by Crippen LogP contribution is 2.25. The van der Waals surface area contributed by atoms with E-state index in [2.05, 4.69) is 5.32 Å². The van der Waals surface area contributed by atoms with Gasteiger partial charge in [-0.2, -0.15) is 0 Å². The number of amides is 1. The molecule has 112 valence electrons. The molecule has 0 aliphatic heterocycles. The minimum atomic E-state index is -0.349. The van der Waals surface area contributed by atoms with Crippen LogP contribution >= 0.6 is 0 Å².